The zero-order valence-electron chi connectivity index (χ0n) is 22.2. The molecule has 1 aromatic carbocycles. The van der Waals surface area contributed by atoms with Crippen LogP contribution in [-0.2, 0) is 27.2 Å². The molecule has 0 radical (unpaired) electrons. The van der Waals surface area contributed by atoms with Gasteiger partial charge < -0.3 is 15.0 Å². The third kappa shape index (κ3) is 8.63. The molecule has 196 valence electrons. The van der Waals surface area contributed by atoms with Crippen LogP contribution in [0.25, 0.3) is 10.2 Å². The van der Waals surface area contributed by atoms with Gasteiger partial charge in [-0.05, 0) is 76.4 Å². The van der Waals surface area contributed by atoms with Crippen LogP contribution in [0.3, 0.4) is 0 Å². The van der Waals surface area contributed by atoms with Gasteiger partial charge in [0.05, 0.1) is 21.1 Å². The number of carbonyl (C=O) groups excluding carboxylic acids is 3. The molecular formula is C29H41N3O3S. The minimum Gasteiger partial charge on any atom is -0.353 e. The van der Waals surface area contributed by atoms with Crippen LogP contribution in [0.2, 0.25) is 0 Å². The summed E-state index contributed by atoms with van der Waals surface area (Å²) < 4.78 is 1.12. The predicted octanol–water partition coefficient (Wildman–Crippen LogP) is 5.14. The molecule has 1 aromatic heterocycles. The Morgan fingerprint density at radius 3 is 2.64 bits per heavy atom. The number of hydrogen-bond donors (Lipinski definition) is 1. The molecule has 1 heterocycles. The maximum Gasteiger partial charge on any atom is 0.224 e. The number of Topliss-reactive ketones (excluding diaryl/α,β-unsaturated/α-hetero) is 1. The predicted molar refractivity (Wildman–Crippen MR) is 147 cm³/mol. The molecule has 7 heteroatoms. The van der Waals surface area contributed by atoms with Gasteiger partial charge in [-0.1, -0.05) is 31.9 Å². The Morgan fingerprint density at radius 1 is 1.22 bits per heavy atom. The zero-order valence-corrected chi connectivity index (χ0v) is 23.0. The van der Waals surface area contributed by atoms with Crippen LogP contribution in [0.1, 0.15) is 69.4 Å². The number of benzene rings is 1. The van der Waals surface area contributed by atoms with Crippen LogP contribution in [0.5, 0.6) is 0 Å². The highest BCUT2D eigenvalue weighted by Crippen LogP contribution is 2.31. The van der Waals surface area contributed by atoms with Crippen molar-refractivity contribution in [2.75, 3.05) is 20.6 Å². The summed E-state index contributed by atoms with van der Waals surface area (Å²) in [4.78, 5) is 44.7. The fourth-order valence-corrected chi connectivity index (χ4v) is 6.11. The van der Waals surface area contributed by atoms with Gasteiger partial charge in [0.15, 0.2) is 5.78 Å². The maximum atomic E-state index is 13.5. The molecule has 0 bridgehead atoms. The first-order valence-corrected chi connectivity index (χ1v) is 14.1. The second-order valence-electron chi connectivity index (χ2n) is 10.4. The highest BCUT2D eigenvalue weighted by Gasteiger charge is 2.30. The molecule has 0 aliphatic heterocycles. The summed E-state index contributed by atoms with van der Waals surface area (Å²) in [6.45, 7) is 4.40. The van der Waals surface area contributed by atoms with Gasteiger partial charge in [-0.2, -0.15) is 0 Å². The average Bonchev–Trinajstić information content (AvgIpc) is 3.50. The standard InChI is InChI=1S/C29H41N3O3S/c1-5-21-12-14-26-27(18-21)36-28(30-26)19-23(17-20(2)33)29(35)31-25(22-9-6-7-10-22)15-13-24(34)11-8-16-32(3)4/h8,11-12,14,18,22-23,25H,5-7,9-10,13,15-17,19H2,1-4H3,(H,31,35)/b11-8+/t23-,25+/m0/s1. The number of allylic oxidation sites excluding steroid dienone is 1. The number of hydrogen-bond acceptors (Lipinski definition) is 6. The number of likely N-dealkylation sites (N-methyl/N-ethyl adjacent to an activating group) is 1. The highest BCUT2D eigenvalue weighted by atomic mass is 32.1. The summed E-state index contributed by atoms with van der Waals surface area (Å²) in [5, 5.41) is 4.15. The van der Waals surface area contributed by atoms with Crippen molar-refractivity contribution in [3.8, 4) is 0 Å². The van der Waals surface area contributed by atoms with E-state index in [2.05, 4.69) is 24.4 Å². The smallest absolute Gasteiger partial charge is 0.224 e. The highest BCUT2D eigenvalue weighted by molar-refractivity contribution is 7.18. The molecule has 1 saturated carbocycles. The van der Waals surface area contributed by atoms with E-state index in [1.165, 1.54) is 5.56 Å². The van der Waals surface area contributed by atoms with Crippen molar-refractivity contribution in [2.24, 2.45) is 11.8 Å². The van der Waals surface area contributed by atoms with Crippen molar-refractivity contribution in [3.63, 3.8) is 0 Å². The molecule has 36 heavy (non-hydrogen) atoms. The molecule has 1 fully saturated rings. The molecule has 1 amide bonds. The number of amides is 1. The largest absolute Gasteiger partial charge is 0.353 e. The normalized spacial score (nSPS) is 16.1. The molecule has 3 rings (SSSR count). The summed E-state index contributed by atoms with van der Waals surface area (Å²) >= 11 is 1.61. The van der Waals surface area contributed by atoms with Crippen LogP contribution < -0.4 is 5.32 Å². The van der Waals surface area contributed by atoms with E-state index in [1.807, 2.05) is 31.1 Å². The second kappa shape index (κ2) is 13.8. The summed E-state index contributed by atoms with van der Waals surface area (Å²) in [5.74, 6) is -0.0571. The Hall–Kier alpha value is -2.38. The number of aryl methyl sites for hydroxylation is 1. The summed E-state index contributed by atoms with van der Waals surface area (Å²) in [5.41, 5.74) is 2.21. The third-order valence-electron chi connectivity index (χ3n) is 7.00. The van der Waals surface area contributed by atoms with Gasteiger partial charge in [0.25, 0.3) is 0 Å². The van der Waals surface area contributed by atoms with Gasteiger partial charge in [-0.15, -0.1) is 11.3 Å². The number of ketones is 2. The van der Waals surface area contributed by atoms with E-state index in [4.69, 9.17) is 4.98 Å². The third-order valence-corrected chi connectivity index (χ3v) is 8.04. The van der Waals surface area contributed by atoms with E-state index >= 15 is 0 Å². The van der Waals surface area contributed by atoms with Gasteiger partial charge in [-0.3, -0.25) is 9.59 Å². The van der Waals surface area contributed by atoms with Crippen LogP contribution in [0, 0.1) is 11.8 Å². The number of nitrogens with one attached hydrogen (secondary N) is 1. The Kier molecular flexibility index (Phi) is 10.8. The number of rotatable bonds is 14. The topological polar surface area (TPSA) is 79.4 Å². The van der Waals surface area contributed by atoms with Crippen molar-refractivity contribution in [2.45, 2.75) is 77.7 Å². The number of nitrogens with zero attached hydrogens (tertiary/aromatic N) is 2. The first kappa shape index (κ1) is 28.2. The van der Waals surface area contributed by atoms with E-state index < -0.39 is 5.92 Å². The Balaban J connectivity index is 1.69. The van der Waals surface area contributed by atoms with E-state index in [0.717, 1.165) is 53.9 Å². The zero-order chi connectivity index (χ0) is 26.1. The van der Waals surface area contributed by atoms with Crippen LogP contribution in [0.4, 0.5) is 0 Å². The number of thiazole rings is 1. The lowest BCUT2D eigenvalue weighted by molar-refractivity contribution is -0.129. The van der Waals surface area contributed by atoms with Gasteiger partial charge >= 0.3 is 0 Å². The molecule has 0 saturated heterocycles. The van der Waals surface area contributed by atoms with Gasteiger partial charge in [0, 0.05) is 31.8 Å². The molecule has 2 aromatic rings. The lowest BCUT2D eigenvalue weighted by Gasteiger charge is -2.26. The molecular weight excluding hydrogens is 470 g/mol. The first-order chi connectivity index (χ1) is 17.2. The van der Waals surface area contributed by atoms with Crippen molar-refractivity contribution in [3.05, 3.63) is 40.9 Å². The summed E-state index contributed by atoms with van der Waals surface area (Å²) in [6, 6.07) is 6.25. The molecule has 0 unspecified atom stereocenters. The van der Waals surface area contributed by atoms with Crippen molar-refractivity contribution in [1.82, 2.24) is 15.2 Å². The lowest BCUT2D eigenvalue weighted by atomic mass is 9.91. The monoisotopic (exact) mass is 511 g/mol. The quantitative estimate of drug-likeness (QED) is 0.355. The molecule has 1 aliphatic rings. The van der Waals surface area contributed by atoms with Crippen LogP contribution in [-0.4, -0.2) is 54.0 Å². The molecule has 1 N–H and O–H groups in total. The SMILES string of the molecule is CCc1ccc2nc(C[C@H](CC(C)=O)C(=O)N[C@H](CCC(=O)/C=C/CN(C)C)C3CCCC3)sc2c1. The van der Waals surface area contributed by atoms with Crippen LogP contribution in [0.15, 0.2) is 30.4 Å². The molecule has 1 aliphatic carbocycles. The maximum absolute atomic E-state index is 13.5. The Bertz CT molecular complexity index is 1070. The van der Waals surface area contributed by atoms with Crippen molar-refractivity contribution in [1.29, 1.82) is 0 Å². The van der Waals surface area contributed by atoms with Crippen molar-refractivity contribution >= 4 is 39.0 Å². The second-order valence-corrected chi connectivity index (χ2v) is 11.5. The van der Waals surface area contributed by atoms with E-state index in [0.29, 0.717) is 25.2 Å². The minimum absolute atomic E-state index is 0.00292. The number of fused-ring (bicyclic) bond motifs is 1. The summed E-state index contributed by atoms with van der Waals surface area (Å²) in [6.07, 6.45) is 10.7. The molecule has 2 atom stereocenters. The molecule has 0 spiro atoms. The van der Waals surface area contributed by atoms with Gasteiger partial charge in [0.1, 0.15) is 5.78 Å². The molecule has 6 nitrogen and oxygen atoms in total. The number of aromatic nitrogens is 1. The average molecular weight is 512 g/mol. The first-order valence-electron chi connectivity index (χ1n) is 13.3. The van der Waals surface area contributed by atoms with E-state index in [-0.39, 0.29) is 29.9 Å². The minimum atomic E-state index is -0.451. The Labute approximate surface area is 219 Å². The van der Waals surface area contributed by atoms with E-state index in [9.17, 15) is 14.4 Å². The summed E-state index contributed by atoms with van der Waals surface area (Å²) in [7, 11) is 3.93. The van der Waals surface area contributed by atoms with Gasteiger partial charge in [0.2, 0.25) is 5.91 Å². The van der Waals surface area contributed by atoms with E-state index in [1.54, 1.807) is 24.3 Å². The lowest BCUT2D eigenvalue weighted by Crippen LogP contribution is -2.43. The number of carbonyl (C=O) groups is 3. The Morgan fingerprint density at radius 2 is 1.97 bits per heavy atom. The fourth-order valence-electron chi connectivity index (χ4n) is 5.00. The fraction of sp³-hybridized carbons (Fsp3) is 0.586. The van der Waals surface area contributed by atoms with Gasteiger partial charge in [-0.25, -0.2) is 4.98 Å². The van der Waals surface area contributed by atoms with Crippen molar-refractivity contribution < 1.29 is 14.4 Å². The van der Waals surface area contributed by atoms with Crippen LogP contribution >= 0.6 is 11.3 Å².